The molecule has 13 heavy (non-hydrogen) atoms. The lowest BCUT2D eigenvalue weighted by molar-refractivity contribution is 0.612. The first-order valence-corrected chi connectivity index (χ1v) is 5.15. The minimum atomic E-state index is 1.05. The fourth-order valence-electron chi connectivity index (χ4n) is 1.58. The molecule has 0 aromatic carbocycles. The highest BCUT2D eigenvalue weighted by atomic mass is 14.6. The zero-order valence-corrected chi connectivity index (χ0v) is 8.66. The Labute approximate surface area is 81.2 Å². The van der Waals surface area contributed by atoms with Gasteiger partial charge < -0.3 is 0 Å². The molecule has 0 aliphatic heterocycles. The van der Waals surface area contributed by atoms with Crippen molar-refractivity contribution in [1.82, 2.24) is 4.98 Å². The van der Waals surface area contributed by atoms with Gasteiger partial charge in [-0.2, -0.15) is 0 Å². The molecule has 0 saturated heterocycles. The van der Waals surface area contributed by atoms with Crippen molar-refractivity contribution < 1.29 is 0 Å². The lowest BCUT2D eigenvalue weighted by Crippen LogP contribution is -1.78. The fraction of sp³-hybridized carbons (Fsp3) is 0.583. The Kier molecular flexibility index (Phi) is 4.52. The van der Waals surface area contributed by atoms with Crippen LogP contribution in [0.4, 0.5) is 0 Å². The third-order valence-electron chi connectivity index (χ3n) is 2.45. The molecule has 2 rings (SSSR count). The van der Waals surface area contributed by atoms with Gasteiger partial charge in [0, 0.05) is 12.4 Å². The number of hydrogen-bond acceptors (Lipinski definition) is 1. The van der Waals surface area contributed by atoms with Gasteiger partial charge in [-0.1, -0.05) is 38.7 Å². The molecule has 0 N–H and O–H groups in total. The molecule has 1 heterocycles. The van der Waals surface area contributed by atoms with Crippen molar-refractivity contribution in [3.05, 3.63) is 30.1 Å². The maximum atomic E-state index is 3.88. The number of pyridine rings is 1. The standard InChI is InChI=1S/C6H7N.C6H12/c1-6-3-2-4-7-5-6;1-6-4-2-3-5-6/h2-5H,1H3;6H,2-5H2,1H3. The third-order valence-corrected chi connectivity index (χ3v) is 2.45. The first-order valence-electron chi connectivity index (χ1n) is 5.15. The molecule has 1 aromatic rings. The van der Waals surface area contributed by atoms with E-state index in [2.05, 4.69) is 11.9 Å². The molecule has 0 amide bonds. The van der Waals surface area contributed by atoms with E-state index in [0.717, 1.165) is 5.92 Å². The normalized spacial score (nSPS) is 16.5. The molecule has 1 aliphatic carbocycles. The first kappa shape index (κ1) is 10.2. The van der Waals surface area contributed by atoms with Crippen molar-refractivity contribution in [2.24, 2.45) is 5.92 Å². The van der Waals surface area contributed by atoms with Gasteiger partial charge in [-0.25, -0.2) is 0 Å². The summed E-state index contributed by atoms with van der Waals surface area (Å²) in [5.74, 6) is 1.05. The van der Waals surface area contributed by atoms with Gasteiger partial charge >= 0.3 is 0 Å². The maximum absolute atomic E-state index is 3.88. The Morgan fingerprint density at radius 2 is 2.00 bits per heavy atom. The van der Waals surface area contributed by atoms with Gasteiger partial charge in [0.15, 0.2) is 0 Å². The molecule has 0 spiro atoms. The van der Waals surface area contributed by atoms with Crippen molar-refractivity contribution in [3.63, 3.8) is 0 Å². The molecule has 0 bridgehead atoms. The molecule has 0 atom stereocenters. The van der Waals surface area contributed by atoms with E-state index < -0.39 is 0 Å². The number of aromatic nitrogens is 1. The second kappa shape index (κ2) is 5.74. The van der Waals surface area contributed by atoms with Crippen LogP contribution in [0.3, 0.4) is 0 Å². The number of aryl methyl sites for hydroxylation is 1. The summed E-state index contributed by atoms with van der Waals surface area (Å²) in [7, 11) is 0. The third kappa shape index (κ3) is 4.66. The van der Waals surface area contributed by atoms with E-state index in [9.17, 15) is 0 Å². The summed E-state index contributed by atoms with van der Waals surface area (Å²) < 4.78 is 0. The van der Waals surface area contributed by atoms with Gasteiger partial charge in [0.05, 0.1) is 0 Å². The molecule has 1 aliphatic rings. The predicted molar refractivity (Wildman–Crippen MR) is 56.6 cm³/mol. The van der Waals surface area contributed by atoms with Crippen LogP contribution in [0.25, 0.3) is 0 Å². The van der Waals surface area contributed by atoms with E-state index in [1.54, 1.807) is 6.20 Å². The van der Waals surface area contributed by atoms with Crippen LogP contribution in [0, 0.1) is 12.8 Å². The summed E-state index contributed by atoms with van der Waals surface area (Å²) in [5, 5.41) is 0. The van der Waals surface area contributed by atoms with Gasteiger partial charge in [-0.15, -0.1) is 0 Å². The molecule has 1 saturated carbocycles. The van der Waals surface area contributed by atoms with Crippen LogP contribution in [-0.2, 0) is 0 Å². The van der Waals surface area contributed by atoms with E-state index in [0.29, 0.717) is 0 Å². The molecule has 1 aromatic heterocycles. The first-order chi connectivity index (χ1) is 6.29. The summed E-state index contributed by atoms with van der Waals surface area (Å²) in [5.41, 5.74) is 1.21. The molecule has 1 fully saturated rings. The summed E-state index contributed by atoms with van der Waals surface area (Å²) in [6, 6.07) is 3.95. The minimum Gasteiger partial charge on any atom is -0.264 e. The minimum absolute atomic E-state index is 1.05. The number of nitrogens with zero attached hydrogens (tertiary/aromatic N) is 1. The molecular formula is C12H19N. The lowest BCUT2D eigenvalue weighted by atomic mass is 10.2. The van der Waals surface area contributed by atoms with Crippen LogP contribution in [0.2, 0.25) is 0 Å². The topological polar surface area (TPSA) is 12.9 Å². The average Bonchev–Trinajstić information content (AvgIpc) is 2.58. The Hall–Kier alpha value is -0.850. The zero-order chi connectivity index (χ0) is 9.52. The fourth-order valence-corrected chi connectivity index (χ4v) is 1.58. The van der Waals surface area contributed by atoms with E-state index in [4.69, 9.17) is 0 Å². The smallest absolute Gasteiger partial charge is 0.0297 e. The summed E-state index contributed by atoms with van der Waals surface area (Å²) in [4.78, 5) is 3.88. The Morgan fingerprint density at radius 1 is 1.31 bits per heavy atom. The SMILES string of the molecule is CC1CCCC1.Cc1cccnc1. The van der Waals surface area contributed by atoms with Crippen molar-refractivity contribution >= 4 is 0 Å². The largest absolute Gasteiger partial charge is 0.264 e. The summed E-state index contributed by atoms with van der Waals surface area (Å²) in [6.07, 6.45) is 9.55. The zero-order valence-electron chi connectivity index (χ0n) is 8.66. The van der Waals surface area contributed by atoms with Crippen LogP contribution >= 0.6 is 0 Å². The van der Waals surface area contributed by atoms with Crippen molar-refractivity contribution in [2.75, 3.05) is 0 Å². The van der Waals surface area contributed by atoms with Gasteiger partial charge in [-0.3, -0.25) is 4.98 Å². The van der Waals surface area contributed by atoms with E-state index in [1.165, 1.54) is 31.2 Å². The Morgan fingerprint density at radius 3 is 2.23 bits per heavy atom. The van der Waals surface area contributed by atoms with E-state index in [-0.39, 0.29) is 0 Å². The van der Waals surface area contributed by atoms with Gasteiger partial charge in [0.25, 0.3) is 0 Å². The predicted octanol–water partition coefficient (Wildman–Crippen LogP) is 3.59. The highest BCUT2D eigenvalue weighted by Gasteiger charge is 2.07. The van der Waals surface area contributed by atoms with E-state index >= 15 is 0 Å². The van der Waals surface area contributed by atoms with Crippen LogP contribution in [0.15, 0.2) is 24.5 Å². The molecule has 72 valence electrons. The maximum Gasteiger partial charge on any atom is 0.0297 e. The van der Waals surface area contributed by atoms with Gasteiger partial charge in [-0.05, 0) is 24.5 Å². The van der Waals surface area contributed by atoms with Crippen molar-refractivity contribution in [1.29, 1.82) is 0 Å². The van der Waals surface area contributed by atoms with Crippen molar-refractivity contribution in [3.8, 4) is 0 Å². The number of rotatable bonds is 0. The molecular weight excluding hydrogens is 158 g/mol. The van der Waals surface area contributed by atoms with E-state index in [1.807, 2.05) is 25.3 Å². The van der Waals surface area contributed by atoms with Gasteiger partial charge in [0.2, 0.25) is 0 Å². The molecule has 0 radical (unpaired) electrons. The Bertz CT molecular complexity index is 212. The molecule has 1 heteroatoms. The summed E-state index contributed by atoms with van der Waals surface area (Å²) >= 11 is 0. The van der Waals surface area contributed by atoms with Gasteiger partial charge in [0.1, 0.15) is 0 Å². The quantitative estimate of drug-likeness (QED) is 0.590. The van der Waals surface area contributed by atoms with Crippen LogP contribution < -0.4 is 0 Å². The summed E-state index contributed by atoms with van der Waals surface area (Å²) in [6.45, 7) is 4.36. The van der Waals surface area contributed by atoms with Crippen LogP contribution in [0.1, 0.15) is 38.2 Å². The van der Waals surface area contributed by atoms with Crippen LogP contribution in [0.5, 0.6) is 0 Å². The molecule has 0 unspecified atom stereocenters. The second-order valence-electron chi connectivity index (χ2n) is 3.92. The lowest BCUT2D eigenvalue weighted by Gasteiger charge is -1.91. The number of hydrogen-bond donors (Lipinski definition) is 0. The van der Waals surface area contributed by atoms with Crippen LogP contribution in [-0.4, -0.2) is 4.98 Å². The second-order valence-corrected chi connectivity index (χ2v) is 3.92. The highest BCUT2D eigenvalue weighted by molar-refractivity contribution is 5.04. The molecule has 1 nitrogen and oxygen atoms in total. The average molecular weight is 177 g/mol. The monoisotopic (exact) mass is 177 g/mol. The Balaban J connectivity index is 0.000000132. The van der Waals surface area contributed by atoms with Crippen molar-refractivity contribution in [2.45, 2.75) is 39.5 Å². The highest BCUT2D eigenvalue weighted by Crippen LogP contribution is 2.22.